The summed E-state index contributed by atoms with van der Waals surface area (Å²) in [5, 5.41) is 0. The van der Waals surface area contributed by atoms with Crippen LogP contribution in [0.4, 0.5) is 4.39 Å². The minimum Gasteiger partial charge on any atom is -0.493 e. The van der Waals surface area contributed by atoms with Gasteiger partial charge in [0.25, 0.3) is 0 Å². The maximum atomic E-state index is 13.6. The Morgan fingerprint density at radius 3 is 2.78 bits per heavy atom. The highest BCUT2D eigenvalue weighted by Crippen LogP contribution is 2.16. The second-order valence-corrected chi connectivity index (χ2v) is 4.25. The Bertz CT molecular complexity index is 420. The molecule has 0 spiro atoms. The van der Waals surface area contributed by atoms with Crippen LogP contribution in [0.2, 0.25) is 0 Å². The Labute approximate surface area is 113 Å². The first-order valence-corrected chi connectivity index (χ1v) is 6.78. The molecule has 0 aliphatic heterocycles. The van der Waals surface area contributed by atoms with Gasteiger partial charge in [0.15, 0.2) is 0 Å². The van der Waals surface area contributed by atoms with Gasteiger partial charge < -0.3 is 4.74 Å². The molecule has 0 amide bonds. The molecule has 0 aliphatic carbocycles. The first-order chi connectivity index (χ1) is 8.77. The minimum absolute atomic E-state index is 0.203. The van der Waals surface area contributed by atoms with Crippen molar-refractivity contribution in [1.82, 2.24) is 0 Å². The number of ether oxygens (including phenoxy) is 1. The van der Waals surface area contributed by atoms with Gasteiger partial charge in [-0.05, 0) is 18.6 Å². The molecule has 0 fully saturated rings. The normalized spacial score (nSPS) is 9.72. The molecular weight excluding hydrogens is 251 g/mol. The van der Waals surface area contributed by atoms with Crippen LogP contribution in [0.1, 0.15) is 38.2 Å². The zero-order valence-corrected chi connectivity index (χ0v) is 11.4. The van der Waals surface area contributed by atoms with E-state index in [0.717, 1.165) is 12.8 Å². The van der Waals surface area contributed by atoms with Crippen molar-refractivity contribution in [1.29, 1.82) is 0 Å². The predicted molar refractivity (Wildman–Crippen MR) is 73.6 cm³/mol. The van der Waals surface area contributed by atoms with Gasteiger partial charge in [0.1, 0.15) is 11.6 Å². The molecule has 0 N–H and O–H groups in total. The van der Waals surface area contributed by atoms with Crippen molar-refractivity contribution in [2.45, 2.75) is 32.6 Å². The van der Waals surface area contributed by atoms with Crippen molar-refractivity contribution in [3.63, 3.8) is 0 Å². The third-order valence-corrected chi connectivity index (χ3v) is 2.63. The number of rotatable bonds is 6. The first kappa shape index (κ1) is 14.9. The van der Waals surface area contributed by atoms with E-state index in [4.69, 9.17) is 16.3 Å². The molecule has 98 valence electrons. The van der Waals surface area contributed by atoms with Crippen molar-refractivity contribution in [2.75, 3.05) is 12.5 Å². The molecule has 0 heterocycles. The molecule has 3 heteroatoms. The quantitative estimate of drug-likeness (QED) is 0.423. The second-order valence-electron chi connectivity index (χ2n) is 3.99. The van der Waals surface area contributed by atoms with Gasteiger partial charge in [-0.15, -0.1) is 11.6 Å². The van der Waals surface area contributed by atoms with Gasteiger partial charge in [-0.1, -0.05) is 38.0 Å². The van der Waals surface area contributed by atoms with Crippen molar-refractivity contribution in [3.8, 4) is 17.6 Å². The van der Waals surface area contributed by atoms with Crippen LogP contribution in [-0.2, 0) is 0 Å². The van der Waals surface area contributed by atoms with Crippen LogP contribution in [0, 0.1) is 17.7 Å². The van der Waals surface area contributed by atoms with Crippen LogP contribution < -0.4 is 4.74 Å². The predicted octanol–water partition coefficient (Wildman–Crippen LogP) is 4.38. The summed E-state index contributed by atoms with van der Waals surface area (Å²) in [5.41, 5.74) is 0.356. The maximum Gasteiger partial charge on any atom is 0.142 e. The van der Waals surface area contributed by atoms with E-state index in [2.05, 4.69) is 18.8 Å². The summed E-state index contributed by atoms with van der Waals surface area (Å²) in [6, 6.07) is 4.73. The zero-order chi connectivity index (χ0) is 13.2. The summed E-state index contributed by atoms with van der Waals surface area (Å²) >= 11 is 5.42. The van der Waals surface area contributed by atoms with E-state index < -0.39 is 0 Å². The lowest BCUT2D eigenvalue weighted by atomic mass is 10.2. The number of unbranched alkanes of at least 4 members (excludes halogenated alkanes) is 3. The molecule has 1 rings (SSSR count). The molecule has 0 bridgehead atoms. The van der Waals surface area contributed by atoms with Gasteiger partial charge in [-0.3, -0.25) is 0 Å². The van der Waals surface area contributed by atoms with E-state index in [1.807, 2.05) is 0 Å². The summed E-state index contributed by atoms with van der Waals surface area (Å²) in [6.45, 7) is 2.79. The van der Waals surface area contributed by atoms with E-state index in [0.29, 0.717) is 17.9 Å². The van der Waals surface area contributed by atoms with Gasteiger partial charge in [0.2, 0.25) is 0 Å². The molecule has 1 aromatic rings. The lowest BCUT2D eigenvalue weighted by Gasteiger charge is -2.06. The fourth-order valence-corrected chi connectivity index (χ4v) is 1.60. The second kappa shape index (κ2) is 8.83. The van der Waals surface area contributed by atoms with Crippen LogP contribution in [0.5, 0.6) is 5.75 Å². The molecule has 0 saturated carbocycles. The summed E-state index contributed by atoms with van der Waals surface area (Å²) in [7, 11) is 0. The molecule has 0 radical (unpaired) electrons. The summed E-state index contributed by atoms with van der Waals surface area (Å²) in [5.74, 6) is 5.68. The van der Waals surface area contributed by atoms with E-state index in [1.54, 1.807) is 12.1 Å². The van der Waals surface area contributed by atoms with Crippen LogP contribution in [0.15, 0.2) is 18.2 Å². The monoisotopic (exact) mass is 268 g/mol. The number of hydrogen-bond acceptors (Lipinski definition) is 1. The molecule has 1 nitrogen and oxygen atoms in total. The number of hydrogen-bond donors (Lipinski definition) is 0. The Morgan fingerprint density at radius 2 is 2.11 bits per heavy atom. The Morgan fingerprint density at radius 1 is 1.28 bits per heavy atom. The highest BCUT2D eigenvalue weighted by atomic mass is 35.5. The van der Waals surface area contributed by atoms with Gasteiger partial charge in [-0.2, -0.15) is 0 Å². The standard InChI is InChI=1S/C15H18ClFO/c1-2-3-4-5-11-18-14-9-8-13(7-6-10-16)15(17)12-14/h8-9,12H,2-5,10-11H2,1H3. The van der Waals surface area contributed by atoms with Crippen LogP contribution in [0.3, 0.4) is 0 Å². The van der Waals surface area contributed by atoms with Crippen molar-refractivity contribution in [3.05, 3.63) is 29.6 Å². The fourth-order valence-electron chi connectivity index (χ4n) is 1.53. The molecule has 0 unspecified atom stereocenters. The lowest BCUT2D eigenvalue weighted by Crippen LogP contribution is -1.98. The van der Waals surface area contributed by atoms with Gasteiger partial charge in [0.05, 0.1) is 18.1 Å². The molecular formula is C15H18ClFO. The Kier molecular flexibility index (Phi) is 7.29. The average Bonchev–Trinajstić information content (AvgIpc) is 2.37. The topological polar surface area (TPSA) is 9.23 Å². The van der Waals surface area contributed by atoms with Gasteiger partial charge in [-0.25, -0.2) is 4.39 Å². The first-order valence-electron chi connectivity index (χ1n) is 6.25. The molecule has 0 aliphatic rings. The average molecular weight is 269 g/mol. The van der Waals surface area contributed by atoms with E-state index in [-0.39, 0.29) is 11.7 Å². The molecule has 0 atom stereocenters. The van der Waals surface area contributed by atoms with Crippen molar-refractivity contribution in [2.24, 2.45) is 0 Å². The van der Waals surface area contributed by atoms with E-state index in [1.165, 1.54) is 18.9 Å². The third kappa shape index (κ3) is 5.42. The molecule has 18 heavy (non-hydrogen) atoms. The van der Waals surface area contributed by atoms with Crippen LogP contribution in [-0.4, -0.2) is 12.5 Å². The highest BCUT2D eigenvalue weighted by molar-refractivity contribution is 6.19. The molecule has 0 aromatic heterocycles. The Hall–Kier alpha value is -1.20. The smallest absolute Gasteiger partial charge is 0.142 e. The maximum absolute atomic E-state index is 13.6. The third-order valence-electron chi connectivity index (χ3n) is 2.50. The van der Waals surface area contributed by atoms with Crippen LogP contribution in [0.25, 0.3) is 0 Å². The highest BCUT2D eigenvalue weighted by Gasteiger charge is 2.01. The SMILES string of the molecule is CCCCCCOc1ccc(C#CCCl)c(F)c1. The lowest BCUT2D eigenvalue weighted by molar-refractivity contribution is 0.303. The van der Waals surface area contributed by atoms with Gasteiger partial charge in [0, 0.05) is 6.07 Å². The molecule has 0 saturated heterocycles. The number of alkyl halides is 1. The van der Waals surface area contributed by atoms with Gasteiger partial charge >= 0.3 is 0 Å². The Balaban J connectivity index is 2.46. The largest absolute Gasteiger partial charge is 0.493 e. The van der Waals surface area contributed by atoms with Crippen molar-refractivity contribution >= 4 is 11.6 Å². The minimum atomic E-state index is -0.362. The number of halogens is 2. The summed E-state index contributed by atoms with van der Waals surface area (Å²) in [6.07, 6.45) is 4.56. The number of benzene rings is 1. The van der Waals surface area contributed by atoms with E-state index >= 15 is 0 Å². The molecule has 1 aromatic carbocycles. The zero-order valence-electron chi connectivity index (χ0n) is 10.6. The van der Waals surface area contributed by atoms with Crippen LogP contribution >= 0.6 is 11.6 Å². The van der Waals surface area contributed by atoms with E-state index in [9.17, 15) is 4.39 Å². The fraction of sp³-hybridized carbons (Fsp3) is 0.467. The summed E-state index contributed by atoms with van der Waals surface area (Å²) in [4.78, 5) is 0. The van der Waals surface area contributed by atoms with Crippen molar-refractivity contribution < 1.29 is 9.13 Å². The summed E-state index contributed by atoms with van der Waals surface area (Å²) < 4.78 is 19.1.